The summed E-state index contributed by atoms with van der Waals surface area (Å²) in [5.74, 6) is 0. The molecule has 0 bridgehead atoms. The van der Waals surface area contributed by atoms with Crippen LogP contribution in [0.5, 0.6) is 0 Å². The first kappa shape index (κ1) is 14.8. The summed E-state index contributed by atoms with van der Waals surface area (Å²) in [7, 11) is 4.03. The highest BCUT2D eigenvalue weighted by atomic mass is 15.0. The van der Waals surface area contributed by atoms with E-state index in [-0.39, 0.29) is 12.1 Å². The van der Waals surface area contributed by atoms with E-state index < -0.39 is 0 Å². The molecule has 0 aromatic heterocycles. The molecule has 0 amide bonds. The zero-order valence-electron chi connectivity index (χ0n) is 12.8. The fraction of sp³-hybridized carbons (Fsp3) is 0.333. The van der Waals surface area contributed by atoms with Crippen molar-refractivity contribution in [2.75, 3.05) is 14.1 Å². The van der Waals surface area contributed by atoms with Crippen LogP contribution in [0.2, 0.25) is 0 Å². The smallest absolute Gasteiger partial charge is 0.0515 e. The first-order valence-electron chi connectivity index (χ1n) is 7.13. The Labute approximate surface area is 122 Å². The molecule has 2 nitrogen and oxygen atoms in total. The summed E-state index contributed by atoms with van der Waals surface area (Å²) in [5, 5.41) is 6.88. The van der Waals surface area contributed by atoms with Gasteiger partial charge in [0.25, 0.3) is 0 Å². The van der Waals surface area contributed by atoms with Gasteiger partial charge in [0, 0.05) is 0 Å². The van der Waals surface area contributed by atoms with Crippen LogP contribution in [0.4, 0.5) is 0 Å². The Morgan fingerprint density at radius 3 is 1.15 bits per heavy atom. The molecule has 2 aromatic carbocycles. The Morgan fingerprint density at radius 1 is 0.600 bits per heavy atom. The van der Waals surface area contributed by atoms with Crippen LogP contribution in [0.1, 0.15) is 34.3 Å². The van der Waals surface area contributed by atoms with E-state index in [9.17, 15) is 0 Å². The Bertz CT molecular complexity index is 477. The maximum absolute atomic E-state index is 3.44. The molecule has 0 heterocycles. The maximum Gasteiger partial charge on any atom is 0.0515 e. The van der Waals surface area contributed by atoms with E-state index in [1.165, 1.54) is 22.3 Å². The number of likely N-dealkylation sites (N-methyl/N-ethyl adjacent to an activating group) is 2. The average molecular weight is 268 g/mol. The van der Waals surface area contributed by atoms with E-state index in [0.717, 1.165) is 0 Å². The molecule has 106 valence electrons. The summed E-state index contributed by atoms with van der Waals surface area (Å²) in [5.41, 5.74) is 5.19. The van der Waals surface area contributed by atoms with Crippen molar-refractivity contribution < 1.29 is 0 Å². The molecule has 2 aromatic rings. The van der Waals surface area contributed by atoms with Crippen LogP contribution < -0.4 is 10.6 Å². The van der Waals surface area contributed by atoms with Gasteiger partial charge in [-0.05, 0) is 39.1 Å². The van der Waals surface area contributed by atoms with E-state index >= 15 is 0 Å². The van der Waals surface area contributed by atoms with Crippen molar-refractivity contribution in [2.24, 2.45) is 0 Å². The van der Waals surface area contributed by atoms with Gasteiger partial charge in [0.1, 0.15) is 0 Å². The minimum absolute atomic E-state index is 0.253. The minimum Gasteiger partial charge on any atom is -0.311 e. The van der Waals surface area contributed by atoms with Crippen molar-refractivity contribution in [1.29, 1.82) is 0 Å². The van der Waals surface area contributed by atoms with Crippen LogP contribution in [0.25, 0.3) is 0 Å². The Kier molecular flexibility index (Phi) is 4.94. The lowest BCUT2D eigenvalue weighted by Crippen LogP contribution is -2.31. The standard InChI is InChI=1S/C18H24N2/c1-13-5-9-15(10-6-13)17(19-3)18(20-4)16-11-7-14(2)8-12-16/h5-12,17-20H,1-4H3/t17-,18-/m1/s1. The van der Waals surface area contributed by atoms with Gasteiger partial charge in [-0.25, -0.2) is 0 Å². The molecule has 0 unspecified atom stereocenters. The van der Waals surface area contributed by atoms with E-state index in [4.69, 9.17) is 0 Å². The molecule has 20 heavy (non-hydrogen) atoms. The number of hydrogen-bond donors (Lipinski definition) is 2. The molecule has 2 heteroatoms. The van der Waals surface area contributed by atoms with Crippen LogP contribution in [0, 0.1) is 13.8 Å². The zero-order valence-corrected chi connectivity index (χ0v) is 12.8. The molecular formula is C18H24N2. The topological polar surface area (TPSA) is 24.1 Å². The van der Waals surface area contributed by atoms with Crippen LogP contribution in [-0.2, 0) is 0 Å². The summed E-state index contributed by atoms with van der Waals surface area (Å²) in [6, 6.07) is 18.0. The summed E-state index contributed by atoms with van der Waals surface area (Å²) < 4.78 is 0. The SMILES string of the molecule is CN[C@H](c1ccc(C)cc1)[C@H](NC)c1ccc(C)cc1. The Balaban J connectivity index is 2.32. The van der Waals surface area contributed by atoms with Gasteiger partial charge in [-0.1, -0.05) is 59.7 Å². The van der Waals surface area contributed by atoms with Gasteiger partial charge in [-0.3, -0.25) is 0 Å². The summed E-state index contributed by atoms with van der Waals surface area (Å²) in [6.45, 7) is 4.24. The quantitative estimate of drug-likeness (QED) is 0.867. The molecule has 2 atom stereocenters. The van der Waals surface area contributed by atoms with Gasteiger partial charge < -0.3 is 10.6 Å². The molecule has 2 N–H and O–H groups in total. The fourth-order valence-corrected chi connectivity index (χ4v) is 2.60. The summed E-state index contributed by atoms with van der Waals surface area (Å²) in [4.78, 5) is 0. The van der Waals surface area contributed by atoms with Gasteiger partial charge in [-0.2, -0.15) is 0 Å². The van der Waals surface area contributed by atoms with E-state index in [0.29, 0.717) is 0 Å². The number of benzene rings is 2. The lowest BCUT2D eigenvalue weighted by Gasteiger charge is -2.27. The third-order valence-corrected chi connectivity index (χ3v) is 3.83. The molecule has 0 aliphatic rings. The third-order valence-electron chi connectivity index (χ3n) is 3.83. The fourth-order valence-electron chi connectivity index (χ4n) is 2.60. The molecule has 0 fully saturated rings. The van der Waals surface area contributed by atoms with Crippen molar-refractivity contribution >= 4 is 0 Å². The van der Waals surface area contributed by atoms with E-state index in [2.05, 4.69) is 73.0 Å². The first-order valence-corrected chi connectivity index (χ1v) is 7.13. The predicted molar refractivity (Wildman–Crippen MR) is 86.0 cm³/mol. The zero-order chi connectivity index (χ0) is 14.5. The van der Waals surface area contributed by atoms with Gasteiger partial charge in [0.05, 0.1) is 12.1 Å². The second-order valence-electron chi connectivity index (χ2n) is 5.35. The third kappa shape index (κ3) is 3.27. The molecular weight excluding hydrogens is 244 g/mol. The highest BCUT2D eigenvalue weighted by Crippen LogP contribution is 2.28. The summed E-state index contributed by atoms with van der Waals surface area (Å²) >= 11 is 0. The average Bonchev–Trinajstić information content (AvgIpc) is 2.47. The summed E-state index contributed by atoms with van der Waals surface area (Å²) in [6.07, 6.45) is 0. The highest BCUT2D eigenvalue weighted by Gasteiger charge is 2.21. The largest absolute Gasteiger partial charge is 0.311 e. The van der Waals surface area contributed by atoms with Crippen molar-refractivity contribution in [3.63, 3.8) is 0 Å². The monoisotopic (exact) mass is 268 g/mol. The van der Waals surface area contributed by atoms with Crippen LogP contribution >= 0.6 is 0 Å². The number of nitrogens with one attached hydrogen (secondary N) is 2. The first-order chi connectivity index (χ1) is 9.65. The van der Waals surface area contributed by atoms with Crippen molar-refractivity contribution in [3.8, 4) is 0 Å². The molecule has 2 rings (SSSR count). The normalized spacial score (nSPS) is 14.0. The second-order valence-corrected chi connectivity index (χ2v) is 5.35. The highest BCUT2D eigenvalue weighted by molar-refractivity contribution is 5.31. The Hall–Kier alpha value is -1.64. The van der Waals surface area contributed by atoms with E-state index in [1.54, 1.807) is 0 Å². The lowest BCUT2D eigenvalue weighted by atomic mass is 9.92. The molecule has 0 aliphatic heterocycles. The predicted octanol–water partition coefficient (Wildman–Crippen LogP) is 3.52. The lowest BCUT2D eigenvalue weighted by molar-refractivity contribution is 0.432. The molecule has 0 aliphatic carbocycles. The van der Waals surface area contributed by atoms with Gasteiger partial charge >= 0.3 is 0 Å². The van der Waals surface area contributed by atoms with Crippen LogP contribution in [0.3, 0.4) is 0 Å². The maximum atomic E-state index is 3.44. The molecule has 0 radical (unpaired) electrons. The van der Waals surface area contributed by atoms with Crippen molar-refractivity contribution in [1.82, 2.24) is 10.6 Å². The Morgan fingerprint density at radius 2 is 0.900 bits per heavy atom. The second kappa shape index (κ2) is 6.69. The van der Waals surface area contributed by atoms with Crippen LogP contribution in [0.15, 0.2) is 48.5 Å². The van der Waals surface area contributed by atoms with Gasteiger partial charge in [0.2, 0.25) is 0 Å². The van der Waals surface area contributed by atoms with Crippen molar-refractivity contribution in [3.05, 3.63) is 70.8 Å². The molecule has 0 saturated heterocycles. The van der Waals surface area contributed by atoms with Gasteiger partial charge in [-0.15, -0.1) is 0 Å². The molecule has 0 saturated carbocycles. The molecule has 0 spiro atoms. The minimum atomic E-state index is 0.253. The number of aryl methyl sites for hydroxylation is 2. The van der Waals surface area contributed by atoms with Crippen LogP contribution in [-0.4, -0.2) is 14.1 Å². The van der Waals surface area contributed by atoms with Gasteiger partial charge in [0.15, 0.2) is 0 Å². The number of rotatable bonds is 5. The van der Waals surface area contributed by atoms with Crippen molar-refractivity contribution in [2.45, 2.75) is 25.9 Å². The van der Waals surface area contributed by atoms with E-state index in [1.807, 2.05) is 14.1 Å². The number of hydrogen-bond acceptors (Lipinski definition) is 2.